The standard InChI is InChI=1S/C17H24N2O2/c1-11(2)9-14(18-4)17(20)19-10-16-12(3)13-7-5-6-8-15(13)21-16/h5-8,11,14,18H,9-10H2,1-4H3,(H,19,20)/t14-/m0/s1. The van der Waals surface area contributed by atoms with Crippen LogP contribution in [0.2, 0.25) is 0 Å². The summed E-state index contributed by atoms with van der Waals surface area (Å²) in [7, 11) is 1.82. The van der Waals surface area contributed by atoms with Gasteiger partial charge in [-0.25, -0.2) is 0 Å². The van der Waals surface area contributed by atoms with Crippen molar-refractivity contribution in [3.8, 4) is 0 Å². The van der Waals surface area contributed by atoms with E-state index >= 15 is 0 Å². The van der Waals surface area contributed by atoms with Gasteiger partial charge in [0.1, 0.15) is 11.3 Å². The monoisotopic (exact) mass is 288 g/mol. The lowest BCUT2D eigenvalue weighted by atomic mass is 10.0. The average molecular weight is 288 g/mol. The van der Waals surface area contributed by atoms with E-state index in [-0.39, 0.29) is 11.9 Å². The number of nitrogens with one attached hydrogen (secondary N) is 2. The minimum Gasteiger partial charge on any atom is -0.459 e. The molecule has 0 aliphatic rings. The molecule has 0 unspecified atom stereocenters. The van der Waals surface area contributed by atoms with Crippen LogP contribution in [0.5, 0.6) is 0 Å². The van der Waals surface area contributed by atoms with E-state index in [0.29, 0.717) is 12.5 Å². The second-order valence-corrected chi connectivity index (χ2v) is 5.84. The maximum atomic E-state index is 12.2. The smallest absolute Gasteiger partial charge is 0.237 e. The highest BCUT2D eigenvalue weighted by Crippen LogP contribution is 2.24. The number of carbonyl (C=O) groups is 1. The molecule has 0 saturated heterocycles. The van der Waals surface area contributed by atoms with Crippen LogP contribution in [-0.4, -0.2) is 19.0 Å². The van der Waals surface area contributed by atoms with Crippen LogP contribution in [0, 0.1) is 12.8 Å². The van der Waals surface area contributed by atoms with Crippen LogP contribution < -0.4 is 10.6 Å². The van der Waals surface area contributed by atoms with Gasteiger partial charge in [-0.15, -0.1) is 0 Å². The molecule has 0 fully saturated rings. The zero-order valence-corrected chi connectivity index (χ0v) is 13.2. The van der Waals surface area contributed by atoms with Crippen molar-refractivity contribution in [3.05, 3.63) is 35.6 Å². The quantitative estimate of drug-likeness (QED) is 0.859. The first kappa shape index (κ1) is 15.6. The number of aryl methyl sites for hydroxylation is 1. The first-order valence-corrected chi connectivity index (χ1v) is 7.45. The normalized spacial score (nSPS) is 12.8. The van der Waals surface area contributed by atoms with Crippen molar-refractivity contribution in [3.63, 3.8) is 0 Å². The summed E-state index contributed by atoms with van der Waals surface area (Å²) in [5.41, 5.74) is 1.96. The molecule has 4 heteroatoms. The fraction of sp³-hybridized carbons (Fsp3) is 0.471. The van der Waals surface area contributed by atoms with Crippen molar-refractivity contribution in [1.29, 1.82) is 0 Å². The number of rotatable bonds is 6. The van der Waals surface area contributed by atoms with Gasteiger partial charge in [0.25, 0.3) is 0 Å². The molecule has 0 aliphatic heterocycles. The third-order valence-electron chi connectivity index (χ3n) is 3.74. The van der Waals surface area contributed by atoms with E-state index < -0.39 is 0 Å². The highest BCUT2D eigenvalue weighted by Gasteiger charge is 2.18. The van der Waals surface area contributed by atoms with Crippen LogP contribution >= 0.6 is 0 Å². The average Bonchev–Trinajstić information content (AvgIpc) is 2.79. The number of amides is 1. The van der Waals surface area contributed by atoms with E-state index in [9.17, 15) is 4.79 Å². The van der Waals surface area contributed by atoms with Gasteiger partial charge in [-0.05, 0) is 32.4 Å². The van der Waals surface area contributed by atoms with Crippen LogP contribution in [-0.2, 0) is 11.3 Å². The number of carbonyl (C=O) groups excluding carboxylic acids is 1. The summed E-state index contributed by atoms with van der Waals surface area (Å²) in [4.78, 5) is 12.2. The molecule has 0 bridgehead atoms. The fourth-order valence-corrected chi connectivity index (χ4v) is 2.51. The van der Waals surface area contributed by atoms with Crippen molar-refractivity contribution in [2.75, 3.05) is 7.05 Å². The number of hydrogen-bond donors (Lipinski definition) is 2. The Balaban J connectivity index is 2.04. The SMILES string of the molecule is CN[C@@H](CC(C)C)C(=O)NCc1oc2ccccc2c1C. The Morgan fingerprint density at radius 2 is 2.00 bits per heavy atom. The minimum absolute atomic E-state index is 0.0195. The van der Waals surface area contributed by atoms with Crippen LogP contribution in [0.3, 0.4) is 0 Å². The molecule has 1 atom stereocenters. The Kier molecular flexibility index (Phi) is 5.02. The lowest BCUT2D eigenvalue weighted by Gasteiger charge is -2.17. The maximum Gasteiger partial charge on any atom is 0.237 e. The van der Waals surface area contributed by atoms with Crippen molar-refractivity contribution < 1.29 is 9.21 Å². The summed E-state index contributed by atoms with van der Waals surface area (Å²) in [6.45, 7) is 6.68. The molecule has 114 valence electrons. The van der Waals surface area contributed by atoms with Gasteiger partial charge in [0.15, 0.2) is 0 Å². The summed E-state index contributed by atoms with van der Waals surface area (Å²) in [5.74, 6) is 1.32. The Morgan fingerprint density at radius 1 is 1.29 bits per heavy atom. The molecule has 1 aromatic carbocycles. The zero-order chi connectivity index (χ0) is 15.4. The van der Waals surface area contributed by atoms with Gasteiger partial charge in [0.2, 0.25) is 5.91 Å². The molecular formula is C17H24N2O2. The topological polar surface area (TPSA) is 54.3 Å². The number of furan rings is 1. The largest absolute Gasteiger partial charge is 0.459 e. The van der Waals surface area contributed by atoms with Crippen LogP contribution in [0.25, 0.3) is 11.0 Å². The molecule has 1 aromatic heterocycles. The van der Waals surface area contributed by atoms with Gasteiger partial charge in [0, 0.05) is 10.9 Å². The van der Waals surface area contributed by atoms with Gasteiger partial charge in [-0.3, -0.25) is 4.79 Å². The van der Waals surface area contributed by atoms with E-state index in [2.05, 4.69) is 24.5 Å². The molecule has 4 nitrogen and oxygen atoms in total. The minimum atomic E-state index is -0.158. The predicted octanol–water partition coefficient (Wildman–Crippen LogP) is 2.99. The molecule has 0 saturated carbocycles. The predicted molar refractivity (Wildman–Crippen MR) is 85.1 cm³/mol. The van der Waals surface area contributed by atoms with Gasteiger partial charge >= 0.3 is 0 Å². The third kappa shape index (κ3) is 3.64. The molecule has 0 spiro atoms. The maximum absolute atomic E-state index is 12.2. The number of benzene rings is 1. The summed E-state index contributed by atoms with van der Waals surface area (Å²) in [6.07, 6.45) is 0.821. The van der Waals surface area contributed by atoms with Crippen molar-refractivity contribution in [2.24, 2.45) is 5.92 Å². The summed E-state index contributed by atoms with van der Waals surface area (Å²) in [6, 6.07) is 7.77. The fourth-order valence-electron chi connectivity index (χ4n) is 2.51. The first-order valence-electron chi connectivity index (χ1n) is 7.45. The van der Waals surface area contributed by atoms with E-state index in [1.807, 2.05) is 38.2 Å². The number of hydrogen-bond acceptors (Lipinski definition) is 3. The van der Waals surface area contributed by atoms with Crippen molar-refractivity contribution >= 4 is 16.9 Å². The summed E-state index contributed by atoms with van der Waals surface area (Å²) in [5, 5.41) is 7.14. The molecule has 1 amide bonds. The Labute approximate surface area is 125 Å². The zero-order valence-electron chi connectivity index (χ0n) is 13.2. The van der Waals surface area contributed by atoms with Gasteiger partial charge in [0.05, 0.1) is 12.6 Å². The van der Waals surface area contributed by atoms with Gasteiger partial charge < -0.3 is 15.1 Å². The van der Waals surface area contributed by atoms with Crippen LogP contribution in [0.1, 0.15) is 31.6 Å². The van der Waals surface area contributed by atoms with Crippen molar-refractivity contribution in [2.45, 2.75) is 39.8 Å². The summed E-state index contributed by atoms with van der Waals surface area (Å²) < 4.78 is 5.81. The Morgan fingerprint density at radius 3 is 2.62 bits per heavy atom. The second kappa shape index (κ2) is 6.76. The highest BCUT2D eigenvalue weighted by atomic mass is 16.3. The van der Waals surface area contributed by atoms with Gasteiger partial charge in [-0.2, -0.15) is 0 Å². The number of para-hydroxylation sites is 1. The first-order chi connectivity index (χ1) is 10.0. The molecule has 0 radical (unpaired) electrons. The second-order valence-electron chi connectivity index (χ2n) is 5.84. The van der Waals surface area contributed by atoms with E-state index in [4.69, 9.17) is 4.42 Å². The van der Waals surface area contributed by atoms with E-state index in [0.717, 1.165) is 28.7 Å². The highest BCUT2D eigenvalue weighted by molar-refractivity contribution is 5.83. The van der Waals surface area contributed by atoms with Crippen LogP contribution in [0.15, 0.2) is 28.7 Å². The lowest BCUT2D eigenvalue weighted by Crippen LogP contribution is -2.43. The molecule has 2 rings (SSSR count). The molecule has 0 aliphatic carbocycles. The molecule has 2 aromatic rings. The Bertz CT molecular complexity index is 616. The molecule has 2 N–H and O–H groups in total. The third-order valence-corrected chi connectivity index (χ3v) is 3.74. The van der Waals surface area contributed by atoms with Crippen LogP contribution in [0.4, 0.5) is 0 Å². The number of fused-ring (bicyclic) bond motifs is 1. The van der Waals surface area contributed by atoms with E-state index in [1.165, 1.54) is 0 Å². The lowest BCUT2D eigenvalue weighted by molar-refractivity contribution is -0.123. The molecule has 1 heterocycles. The van der Waals surface area contributed by atoms with E-state index in [1.54, 1.807) is 0 Å². The number of likely N-dealkylation sites (N-methyl/N-ethyl adjacent to an activating group) is 1. The summed E-state index contributed by atoms with van der Waals surface area (Å²) >= 11 is 0. The molecular weight excluding hydrogens is 264 g/mol. The Hall–Kier alpha value is -1.81. The van der Waals surface area contributed by atoms with Crippen molar-refractivity contribution in [1.82, 2.24) is 10.6 Å². The molecule has 21 heavy (non-hydrogen) atoms. The van der Waals surface area contributed by atoms with Gasteiger partial charge in [-0.1, -0.05) is 32.0 Å².